The van der Waals surface area contributed by atoms with Crippen molar-refractivity contribution in [3.05, 3.63) is 78.1 Å². The molecule has 1 saturated heterocycles. The molecule has 1 aromatic heterocycles. The summed E-state index contributed by atoms with van der Waals surface area (Å²) in [6.45, 7) is 3.60. The van der Waals surface area contributed by atoms with E-state index in [-0.39, 0.29) is 17.4 Å². The summed E-state index contributed by atoms with van der Waals surface area (Å²) >= 11 is 0. The molecule has 0 radical (unpaired) electrons. The normalized spacial score (nSPS) is 17.4. The van der Waals surface area contributed by atoms with Gasteiger partial charge in [-0.25, -0.2) is 0 Å². The fraction of sp³-hybridized carbons (Fsp3) is 0.346. The van der Waals surface area contributed by atoms with Crippen molar-refractivity contribution < 1.29 is 9.53 Å². The molecule has 31 heavy (non-hydrogen) atoms. The standard InChI is InChI=1S/C26H29N3O2/c1-3-21(19-8-5-4-6-9-19)25(30)28-16-13-26(14-17-28)24-10-7-15-29(24)23-12-11-20(31-2)18-22(23)27-26/h4-12,15,18,21,27H,3,13-14,16-17H2,1-2H3/t21-/m1/s1. The number of nitrogens with zero attached hydrogens (tertiary/aromatic N) is 2. The lowest BCUT2D eigenvalue weighted by atomic mass is 9.81. The first-order valence-corrected chi connectivity index (χ1v) is 11.1. The Bertz CT molecular complexity index is 1080. The van der Waals surface area contributed by atoms with Gasteiger partial charge in [0.05, 0.1) is 29.9 Å². The second-order valence-electron chi connectivity index (χ2n) is 8.55. The van der Waals surface area contributed by atoms with Crippen LogP contribution < -0.4 is 10.1 Å². The predicted molar refractivity (Wildman–Crippen MR) is 123 cm³/mol. The summed E-state index contributed by atoms with van der Waals surface area (Å²) in [6.07, 6.45) is 4.71. The van der Waals surface area contributed by atoms with Gasteiger partial charge in [-0.1, -0.05) is 37.3 Å². The number of rotatable bonds is 4. The molecule has 0 unspecified atom stereocenters. The Morgan fingerprint density at radius 1 is 1.10 bits per heavy atom. The van der Waals surface area contributed by atoms with Gasteiger partial charge in [0, 0.05) is 31.0 Å². The zero-order chi connectivity index (χ0) is 21.4. The first-order chi connectivity index (χ1) is 15.1. The van der Waals surface area contributed by atoms with Crippen molar-refractivity contribution in [3.63, 3.8) is 0 Å². The molecule has 0 bridgehead atoms. The van der Waals surface area contributed by atoms with E-state index in [1.807, 2.05) is 24.3 Å². The van der Waals surface area contributed by atoms with E-state index in [1.165, 1.54) is 5.69 Å². The largest absolute Gasteiger partial charge is 0.497 e. The summed E-state index contributed by atoms with van der Waals surface area (Å²) < 4.78 is 7.73. The molecule has 1 spiro atoms. The maximum absolute atomic E-state index is 13.4. The van der Waals surface area contributed by atoms with Crippen LogP contribution in [0, 0.1) is 0 Å². The Kier molecular flexibility index (Phi) is 4.97. The van der Waals surface area contributed by atoms with Crippen LogP contribution in [0.2, 0.25) is 0 Å². The Labute approximate surface area is 183 Å². The van der Waals surface area contributed by atoms with Crippen LogP contribution in [0.4, 0.5) is 5.69 Å². The van der Waals surface area contributed by atoms with E-state index in [0.717, 1.165) is 55.0 Å². The molecule has 1 N–H and O–H groups in total. The highest BCUT2D eigenvalue weighted by Gasteiger charge is 2.43. The number of carbonyl (C=O) groups excluding carboxylic acids is 1. The van der Waals surface area contributed by atoms with Gasteiger partial charge >= 0.3 is 0 Å². The number of hydrogen-bond donors (Lipinski definition) is 1. The highest BCUT2D eigenvalue weighted by atomic mass is 16.5. The second-order valence-corrected chi connectivity index (χ2v) is 8.55. The number of benzene rings is 2. The first kappa shape index (κ1) is 19.7. The summed E-state index contributed by atoms with van der Waals surface area (Å²) in [5.74, 6) is 1.03. The SMILES string of the molecule is CC[C@@H](C(=O)N1CCC2(CC1)Nc1cc(OC)ccc1-n1cccc12)c1ccccc1. The Morgan fingerprint density at radius 3 is 2.58 bits per heavy atom. The lowest BCUT2D eigenvalue weighted by molar-refractivity contribution is -0.134. The Morgan fingerprint density at radius 2 is 1.87 bits per heavy atom. The smallest absolute Gasteiger partial charge is 0.230 e. The second kappa shape index (κ2) is 7.80. The third-order valence-electron chi connectivity index (χ3n) is 6.91. The van der Waals surface area contributed by atoms with Crippen molar-refractivity contribution in [2.45, 2.75) is 37.6 Å². The number of nitrogens with one attached hydrogen (secondary N) is 1. The van der Waals surface area contributed by atoms with Crippen molar-refractivity contribution in [1.82, 2.24) is 9.47 Å². The molecular weight excluding hydrogens is 386 g/mol. The number of aromatic nitrogens is 1. The third-order valence-corrected chi connectivity index (χ3v) is 6.91. The van der Waals surface area contributed by atoms with Crippen LogP contribution in [0.5, 0.6) is 5.75 Å². The van der Waals surface area contributed by atoms with Crippen molar-refractivity contribution >= 4 is 11.6 Å². The van der Waals surface area contributed by atoms with Crippen LogP contribution in [0.3, 0.4) is 0 Å². The van der Waals surface area contributed by atoms with E-state index in [1.54, 1.807) is 7.11 Å². The summed E-state index contributed by atoms with van der Waals surface area (Å²) in [6, 6.07) is 20.6. The van der Waals surface area contributed by atoms with E-state index >= 15 is 0 Å². The minimum Gasteiger partial charge on any atom is -0.497 e. The van der Waals surface area contributed by atoms with E-state index < -0.39 is 0 Å². The fourth-order valence-electron chi connectivity index (χ4n) is 5.20. The number of ether oxygens (including phenoxy) is 1. The molecule has 5 rings (SSSR count). The quantitative estimate of drug-likeness (QED) is 0.658. The van der Waals surface area contributed by atoms with Crippen LogP contribution in [0.1, 0.15) is 43.4 Å². The lowest BCUT2D eigenvalue weighted by Crippen LogP contribution is -2.51. The summed E-state index contributed by atoms with van der Waals surface area (Å²) in [4.78, 5) is 15.4. The Balaban J connectivity index is 1.39. The van der Waals surface area contributed by atoms with Crippen molar-refractivity contribution in [1.29, 1.82) is 0 Å². The zero-order valence-electron chi connectivity index (χ0n) is 18.2. The number of likely N-dealkylation sites (tertiary alicyclic amines) is 1. The van der Waals surface area contributed by atoms with Crippen molar-refractivity contribution in [3.8, 4) is 11.4 Å². The van der Waals surface area contributed by atoms with Gasteiger partial charge in [0.1, 0.15) is 5.75 Å². The zero-order valence-corrected chi connectivity index (χ0v) is 18.2. The maximum atomic E-state index is 13.4. The average molecular weight is 416 g/mol. The van der Waals surface area contributed by atoms with Crippen LogP contribution in [0.25, 0.3) is 5.69 Å². The van der Waals surface area contributed by atoms with Gasteiger partial charge in [-0.05, 0) is 49.1 Å². The van der Waals surface area contributed by atoms with Gasteiger partial charge in [-0.3, -0.25) is 4.79 Å². The molecule has 2 aliphatic heterocycles. The Hall–Kier alpha value is -3.21. The number of carbonyl (C=O) groups is 1. The molecule has 0 aliphatic carbocycles. The van der Waals surface area contributed by atoms with E-state index in [2.05, 4.69) is 64.3 Å². The summed E-state index contributed by atoms with van der Waals surface area (Å²) in [5.41, 5.74) is 4.43. The van der Waals surface area contributed by atoms with Crippen LogP contribution in [-0.4, -0.2) is 35.6 Å². The molecule has 5 heteroatoms. The maximum Gasteiger partial charge on any atom is 0.230 e. The highest BCUT2D eigenvalue weighted by molar-refractivity contribution is 5.84. The fourth-order valence-corrected chi connectivity index (χ4v) is 5.20. The monoisotopic (exact) mass is 415 g/mol. The number of fused-ring (bicyclic) bond motifs is 4. The highest BCUT2D eigenvalue weighted by Crippen LogP contribution is 2.44. The molecule has 5 nitrogen and oxygen atoms in total. The average Bonchev–Trinajstić information content (AvgIpc) is 3.32. The molecule has 2 aromatic carbocycles. The molecule has 1 amide bonds. The number of hydrogen-bond acceptors (Lipinski definition) is 3. The lowest BCUT2D eigenvalue weighted by Gasteiger charge is -2.46. The summed E-state index contributed by atoms with van der Waals surface area (Å²) in [7, 11) is 1.70. The van der Waals surface area contributed by atoms with E-state index in [9.17, 15) is 4.79 Å². The molecule has 1 fully saturated rings. The molecule has 2 aliphatic rings. The number of methoxy groups -OCH3 is 1. The van der Waals surface area contributed by atoms with Crippen molar-refractivity contribution in [2.75, 3.05) is 25.5 Å². The van der Waals surface area contributed by atoms with Gasteiger partial charge in [-0.15, -0.1) is 0 Å². The van der Waals surface area contributed by atoms with Crippen LogP contribution in [-0.2, 0) is 10.3 Å². The molecule has 1 atom stereocenters. The van der Waals surface area contributed by atoms with Gasteiger partial charge in [0.2, 0.25) is 5.91 Å². The number of piperidine rings is 1. The predicted octanol–water partition coefficient (Wildman–Crippen LogP) is 4.92. The molecule has 3 aromatic rings. The van der Waals surface area contributed by atoms with Gasteiger partial charge in [-0.2, -0.15) is 0 Å². The molecule has 3 heterocycles. The number of anilines is 1. The first-order valence-electron chi connectivity index (χ1n) is 11.1. The minimum atomic E-state index is -0.173. The van der Waals surface area contributed by atoms with Gasteiger partial charge < -0.3 is 19.5 Å². The van der Waals surface area contributed by atoms with Gasteiger partial charge in [0.15, 0.2) is 0 Å². The topological polar surface area (TPSA) is 46.5 Å². The van der Waals surface area contributed by atoms with Crippen molar-refractivity contribution in [2.24, 2.45) is 0 Å². The van der Waals surface area contributed by atoms with Gasteiger partial charge in [0.25, 0.3) is 0 Å². The van der Waals surface area contributed by atoms with E-state index in [4.69, 9.17) is 4.74 Å². The molecule has 160 valence electrons. The minimum absolute atomic E-state index is 0.0663. The third kappa shape index (κ3) is 3.29. The van der Waals surface area contributed by atoms with Crippen LogP contribution in [0.15, 0.2) is 66.9 Å². The summed E-state index contributed by atoms with van der Waals surface area (Å²) in [5, 5.41) is 3.82. The molecule has 0 saturated carbocycles. The molecular formula is C26H29N3O2. The number of amides is 1. The van der Waals surface area contributed by atoms with E-state index in [0.29, 0.717) is 0 Å². The van der Waals surface area contributed by atoms with Crippen LogP contribution >= 0.6 is 0 Å².